The van der Waals surface area contributed by atoms with Crippen molar-refractivity contribution in [3.63, 3.8) is 0 Å². The molecule has 2 rings (SSSR count). The van der Waals surface area contributed by atoms with Crippen LogP contribution in [0.15, 0.2) is 0 Å². The third-order valence-corrected chi connectivity index (χ3v) is 4.88. The molecule has 1 heterocycles. The second-order valence-corrected chi connectivity index (χ2v) is 6.15. The highest BCUT2D eigenvalue weighted by Gasteiger charge is 2.28. The largest absolute Gasteiger partial charge is 0.381 e. The normalized spacial score (nSPS) is 24.2. The van der Waals surface area contributed by atoms with Crippen LogP contribution in [0.25, 0.3) is 0 Å². The molecule has 1 saturated carbocycles. The lowest BCUT2D eigenvalue weighted by Gasteiger charge is -2.29. The minimum atomic E-state index is 0.116. The van der Waals surface area contributed by atoms with Gasteiger partial charge in [-0.1, -0.05) is 20.8 Å². The van der Waals surface area contributed by atoms with Crippen LogP contribution in [-0.2, 0) is 17.6 Å². The van der Waals surface area contributed by atoms with E-state index < -0.39 is 0 Å². The van der Waals surface area contributed by atoms with Crippen molar-refractivity contribution in [1.29, 1.82) is 0 Å². The predicted molar refractivity (Wildman–Crippen MR) is 86.5 cm³/mol. The van der Waals surface area contributed by atoms with Gasteiger partial charge in [-0.3, -0.25) is 4.68 Å². The number of aryl methyl sites for hydroxylation is 1. The molecule has 0 amide bonds. The fourth-order valence-electron chi connectivity index (χ4n) is 3.64. The molecule has 0 aliphatic heterocycles. The lowest BCUT2D eigenvalue weighted by Crippen LogP contribution is -2.26. The third-order valence-electron chi connectivity index (χ3n) is 4.88. The van der Waals surface area contributed by atoms with Crippen LogP contribution in [0.3, 0.4) is 0 Å². The van der Waals surface area contributed by atoms with Gasteiger partial charge in [-0.05, 0) is 44.9 Å². The summed E-state index contributed by atoms with van der Waals surface area (Å²) < 4.78 is 7.87. The lowest BCUT2D eigenvalue weighted by molar-refractivity contribution is 0.0502. The number of hydrogen-bond donors (Lipinski definition) is 1. The van der Waals surface area contributed by atoms with Crippen molar-refractivity contribution < 1.29 is 4.74 Å². The molecule has 4 heteroatoms. The van der Waals surface area contributed by atoms with Gasteiger partial charge in [0.25, 0.3) is 0 Å². The highest BCUT2D eigenvalue weighted by molar-refractivity contribution is 5.30. The number of ether oxygens (including phenoxy) is 1. The van der Waals surface area contributed by atoms with Gasteiger partial charge in [0.15, 0.2) is 0 Å². The van der Waals surface area contributed by atoms with E-state index in [4.69, 9.17) is 15.6 Å². The van der Waals surface area contributed by atoms with E-state index in [9.17, 15) is 0 Å². The van der Waals surface area contributed by atoms with Gasteiger partial charge >= 0.3 is 0 Å². The topological polar surface area (TPSA) is 53.1 Å². The van der Waals surface area contributed by atoms with E-state index >= 15 is 0 Å². The second-order valence-electron chi connectivity index (χ2n) is 6.15. The number of rotatable bonds is 6. The molecule has 120 valence electrons. The SMILES string of the molecule is CCc1nn(C2CCCC(OC)C2)c(CC)c1C(N)CC. The van der Waals surface area contributed by atoms with Crippen LogP contribution in [-0.4, -0.2) is 23.0 Å². The first-order valence-electron chi connectivity index (χ1n) is 8.54. The van der Waals surface area contributed by atoms with Crippen LogP contribution < -0.4 is 5.73 Å². The molecule has 0 bridgehead atoms. The fourth-order valence-corrected chi connectivity index (χ4v) is 3.64. The zero-order valence-electron chi connectivity index (χ0n) is 14.1. The summed E-state index contributed by atoms with van der Waals surface area (Å²) in [6.45, 7) is 6.55. The first-order chi connectivity index (χ1) is 10.2. The van der Waals surface area contributed by atoms with Crippen LogP contribution in [0.1, 0.15) is 81.9 Å². The Morgan fingerprint density at radius 1 is 1.29 bits per heavy atom. The maximum Gasteiger partial charge on any atom is 0.0672 e. The quantitative estimate of drug-likeness (QED) is 0.872. The highest BCUT2D eigenvalue weighted by Crippen LogP contribution is 2.34. The molecule has 4 nitrogen and oxygen atoms in total. The Morgan fingerprint density at radius 2 is 2.05 bits per heavy atom. The molecule has 2 N–H and O–H groups in total. The molecular formula is C17H31N3O. The molecule has 0 radical (unpaired) electrons. The predicted octanol–water partition coefficient (Wildman–Crippen LogP) is 3.55. The van der Waals surface area contributed by atoms with E-state index in [2.05, 4.69) is 25.5 Å². The van der Waals surface area contributed by atoms with Gasteiger partial charge in [-0.25, -0.2) is 0 Å². The smallest absolute Gasteiger partial charge is 0.0672 e. The number of aromatic nitrogens is 2. The van der Waals surface area contributed by atoms with Crippen LogP contribution in [0.2, 0.25) is 0 Å². The van der Waals surface area contributed by atoms with Gasteiger partial charge < -0.3 is 10.5 Å². The van der Waals surface area contributed by atoms with Crippen molar-refractivity contribution in [3.05, 3.63) is 17.0 Å². The zero-order chi connectivity index (χ0) is 15.4. The standard InChI is InChI=1S/C17H31N3O/c1-5-14(18)17-15(6-2)19-20(16(17)7-3)12-9-8-10-13(11-12)21-4/h12-14H,5-11,18H2,1-4H3. The summed E-state index contributed by atoms with van der Waals surface area (Å²) in [5.41, 5.74) is 10.2. The minimum Gasteiger partial charge on any atom is -0.381 e. The molecule has 1 fully saturated rings. The van der Waals surface area contributed by atoms with Crippen molar-refractivity contribution in [2.75, 3.05) is 7.11 Å². The Morgan fingerprint density at radius 3 is 2.62 bits per heavy atom. The van der Waals surface area contributed by atoms with Gasteiger partial charge in [0, 0.05) is 24.4 Å². The number of methoxy groups -OCH3 is 1. The maximum atomic E-state index is 6.37. The maximum absolute atomic E-state index is 6.37. The van der Waals surface area contributed by atoms with E-state index in [-0.39, 0.29) is 6.04 Å². The Balaban J connectivity index is 2.36. The molecular weight excluding hydrogens is 262 g/mol. The molecule has 1 aromatic heterocycles. The van der Waals surface area contributed by atoms with Gasteiger partial charge in [-0.15, -0.1) is 0 Å². The summed E-state index contributed by atoms with van der Waals surface area (Å²) >= 11 is 0. The highest BCUT2D eigenvalue weighted by atomic mass is 16.5. The molecule has 3 atom stereocenters. The third kappa shape index (κ3) is 3.32. The summed E-state index contributed by atoms with van der Waals surface area (Å²) in [6.07, 6.45) is 8.00. The Hall–Kier alpha value is -0.870. The number of nitrogens with two attached hydrogens (primary N) is 1. The molecule has 21 heavy (non-hydrogen) atoms. The summed E-state index contributed by atoms with van der Waals surface area (Å²) in [6, 6.07) is 0.590. The van der Waals surface area contributed by atoms with Gasteiger partial charge in [0.1, 0.15) is 0 Å². The summed E-state index contributed by atoms with van der Waals surface area (Å²) in [4.78, 5) is 0. The van der Waals surface area contributed by atoms with E-state index in [1.54, 1.807) is 0 Å². The zero-order valence-corrected chi connectivity index (χ0v) is 14.1. The van der Waals surface area contributed by atoms with Crippen molar-refractivity contribution in [2.45, 2.75) is 83.9 Å². The Bertz CT molecular complexity index is 455. The average Bonchev–Trinajstić information content (AvgIpc) is 2.92. The number of hydrogen-bond acceptors (Lipinski definition) is 3. The van der Waals surface area contributed by atoms with Crippen molar-refractivity contribution in [2.24, 2.45) is 5.73 Å². The monoisotopic (exact) mass is 293 g/mol. The first-order valence-corrected chi connectivity index (χ1v) is 8.54. The van der Waals surface area contributed by atoms with Gasteiger partial charge in [0.05, 0.1) is 17.8 Å². The summed E-state index contributed by atoms with van der Waals surface area (Å²) in [5, 5.41) is 4.94. The Labute approximate surface area is 129 Å². The molecule has 1 aromatic rings. The minimum absolute atomic E-state index is 0.116. The Kier molecular flexibility index (Phi) is 5.82. The van der Waals surface area contributed by atoms with Crippen LogP contribution in [0.4, 0.5) is 0 Å². The molecule has 1 aliphatic rings. The fraction of sp³-hybridized carbons (Fsp3) is 0.824. The molecule has 1 aliphatic carbocycles. The summed E-state index contributed by atoms with van der Waals surface area (Å²) in [7, 11) is 1.83. The van der Waals surface area contributed by atoms with Crippen LogP contribution in [0.5, 0.6) is 0 Å². The molecule has 0 saturated heterocycles. The molecule has 0 spiro atoms. The van der Waals surface area contributed by atoms with Gasteiger partial charge in [-0.2, -0.15) is 5.10 Å². The van der Waals surface area contributed by atoms with E-state index in [0.717, 1.165) is 25.7 Å². The van der Waals surface area contributed by atoms with Crippen molar-refractivity contribution >= 4 is 0 Å². The van der Waals surface area contributed by atoms with E-state index in [1.165, 1.54) is 36.2 Å². The van der Waals surface area contributed by atoms with Crippen LogP contribution >= 0.6 is 0 Å². The first kappa shape index (κ1) is 16.5. The van der Waals surface area contributed by atoms with E-state index in [0.29, 0.717) is 12.1 Å². The molecule has 0 aromatic carbocycles. The average molecular weight is 293 g/mol. The van der Waals surface area contributed by atoms with Gasteiger partial charge in [0.2, 0.25) is 0 Å². The number of nitrogens with zero attached hydrogens (tertiary/aromatic N) is 2. The lowest BCUT2D eigenvalue weighted by atomic mass is 9.92. The van der Waals surface area contributed by atoms with E-state index in [1.807, 2.05) is 7.11 Å². The van der Waals surface area contributed by atoms with Crippen molar-refractivity contribution in [3.8, 4) is 0 Å². The molecule has 3 unspecified atom stereocenters. The summed E-state index contributed by atoms with van der Waals surface area (Å²) in [5.74, 6) is 0. The van der Waals surface area contributed by atoms with Crippen molar-refractivity contribution in [1.82, 2.24) is 9.78 Å². The van der Waals surface area contributed by atoms with Crippen LogP contribution in [0, 0.1) is 0 Å². The second kappa shape index (κ2) is 7.41.